The highest BCUT2D eigenvalue weighted by molar-refractivity contribution is 7.93. The number of halogens is 4. The lowest BCUT2D eigenvalue weighted by Gasteiger charge is -2.36. The van der Waals surface area contributed by atoms with E-state index in [9.17, 15) is 44.0 Å². The van der Waals surface area contributed by atoms with Crippen molar-refractivity contribution in [2.45, 2.75) is 75.0 Å². The first kappa shape index (κ1) is 35.7. The minimum Gasteiger partial charge on any atom is -0.494 e. The lowest BCUT2D eigenvalue weighted by Crippen LogP contribution is -2.45. The molecule has 0 radical (unpaired) electrons. The first-order valence-electron chi connectivity index (χ1n) is 13.3. The smallest absolute Gasteiger partial charge is 0.427 e. The summed E-state index contributed by atoms with van der Waals surface area (Å²) in [6.45, 7) is 5.07. The number of hydrogen-bond donors (Lipinski definition) is 2. The maximum Gasteiger partial charge on any atom is 0.427 e. The number of anilines is 2. The van der Waals surface area contributed by atoms with Crippen molar-refractivity contribution >= 4 is 43.4 Å². The molecule has 0 aromatic heterocycles. The Labute approximate surface area is 258 Å². The maximum absolute atomic E-state index is 14.1. The molecule has 0 saturated heterocycles. The van der Waals surface area contributed by atoms with Crippen LogP contribution in [0.1, 0.15) is 47.5 Å². The summed E-state index contributed by atoms with van der Waals surface area (Å²) in [5.41, 5.74) is -3.14. The van der Waals surface area contributed by atoms with Crippen molar-refractivity contribution in [3.05, 3.63) is 42.2 Å². The molecule has 18 heteroatoms. The maximum atomic E-state index is 14.1. The van der Waals surface area contributed by atoms with E-state index < -0.39 is 71.9 Å². The third-order valence-electron chi connectivity index (χ3n) is 6.63. The molecule has 1 heterocycles. The molecule has 1 aliphatic rings. The fourth-order valence-corrected chi connectivity index (χ4v) is 6.00. The standard InChI is InChI=1S/C27H33F4N3O9S2/c1-25(2,3)45(39,40)33-23(35)12-8-17-15-34(44(37,38)18-9-10-19(28)22(14-18)41-6)20-13-16(7-11-21(20)42-17)32-24(36)43-26(4,5)27(29,30)31/h7,9-11,13-14,17H,8,12,15H2,1-6H3,(H,32,36)(H,33,35). The molecule has 0 fully saturated rings. The molecule has 1 aliphatic heterocycles. The number of carbonyl (C=O) groups is 2. The zero-order chi connectivity index (χ0) is 34.2. The average molecular weight is 684 g/mol. The zero-order valence-electron chi connectivity index (χ0n) is 25.1. The molecule has 1 atom stereocenters. The predicted molar refractivity (Wildman–Crippen MR) is 155 cm³/mol. The molecule has 1 unspecified atom stereocenters. The van der Waals surface area contributed by atoms with E-state index in [4.69, 9.17) is 9.47 Å². The van der Waals surface area contributed by atoms with Crippen molar-refractivity contribution in [2.24, 2.45) is 0 Å². The SMILES string of the molecule is COc1cc(S(=O)(=O)N2CC(CCC(=O)NS(=O)(=O)C(C)(C)C)Oc3ccc(NC(=O)OC(C)(C)C(F)(F)F)cc32)ccc1F. The Bertz CT molecular complexity index is 1670. The van der Waals surface area contributed by atoms with Gasteiger partial charge in [-0.25, -0.2) is 26.0 Å². The number of nitrogens with one attached hydrogen (secondary N) is 2. The van der Waals surface area contributed by atoms with Crippen LogP contribution in [0.25, 0.3) is 0 Å². The first-order valence-corrected chi connectivity index (χ1v) is 16.2. The second kappa shape index (κ2) is 12.5. The molecule has 250 valence electrons. The van der Waals surface area contributed by atoms with Crippen LogP contribution >= 0.6 is 0 Å². The van der Waals surface area contributed by atoms with Crippen molar-refractivity contribution in [3.8, 4) is 11.5 Å². The zero-order valence-corrected chi connectivity index (χ0v) is 26.7. The Kier molecular flexibility index (Phi) is 9.94. The van der Waals surface area contributed by atoms with E-state index in [0.29, 0.717) is 13.8 Å². The highest BCUT2D eigenvalue weighted by atomic mass is 32.2. The van der Waals surface area contributed by atoms with E-state index in [1.807, 2.05) is 4.72 Å². The lowest BCUT2D eigenvalue weighted by molar-refractivity contribution is -0.242. The summed E-state index contributed by atoms with van der Waals surface area (Å²) in [7, 11) is -7.39. The van der Waals surface area contributed by atoms with Crippen molar-refractivity contribution in [1.29, 1.82) is 0 Å². The van der Waals surface area contributed by atoms with E-state index in [-0.39, 0.29) is 35.7 Å². The lowest BCUT2D eigenvalue weighted by atomic mass is 10.1. The number of hydrogen-bond acceptors (Lipinski definition) is 9. The Morgan fingerprint density at radius 3 is 2.24 bits per heavy atom. The molecule has 45 heavy (non-hydrogen) atoms. The fraction of sp³-hybridized carbons (Fsp3) is 0.481. The van der Waals surface area contributed by atoms with Crippen molar-refractivity contribution in [1.82, 2.24) is 4.72 Å². The Balaban J connectivity index is 1.95. The van der Waals surface area contributed by atoms with Gasteiger partial charge in [0.25, 0.3) is 10.0 Å². The second-order valence-corrected chi connectivity index (χ2v) is 15.8. The predicted octanol–water partition coefficient (Wildman–Crippen LogP) is 4.70. The van der Waals surface area contributed by atoms with Gasteiger partial charge in [-0.1, -0.05) is 0 Å². The number of methoxy groups -OCH3 is 1. The molecule has 2 N–H and O–H groups in total. The first-order chi connectivity index (χ1) is 20.5. The van der Waals surface area contributed by atoms with Gasteiger partial charge in [-0.15, -0.1) is 0 Å². The summed E-state index contributed by atoms with van der Waals surface area (Å²) in [6.07, 6.45) is -7.84. The van der Waals surface area contributed by atoms with E-state index >= 15 is 0 Å². The Hall–Kier alpha value is -3.80. The quantitative estimate of drug-likeness (QED) is 0.358. The molecule has 12 nitrogen and oxygen atoms in total. The van der Waals surface area contributed by atoms with Gasteiger partial charge >= 0.3 is 12.3 Å². The highest BCUT2D eigenvalue weighted by Crippen LogP contribution is 2.40. The van der Waals surface area contributed by atoms with Crippen molar-refractivity contribution in [3.63, 3.8) is 0 Å². The molecular weight excluding hydrogens is 650 g/mol. The van der Waals surface area contributed by atoms with Crippen LogP contribution in [-0.2, 0) is 29.6 Å². The molecule has 0 bridgehead atoms. The normalized spacial score (nSPS) is 15.9. The minimum atomic E-state index is -4.88. The third kappa shape index (κ3) is 8.08. The fourth-order valence-electron chi connectivity index (χ4n) is 3.77. The van der Waals surface area contributed by atoms with Gasteiger partial charge in [0.1, 0.15) is 11.9 Å². The molecule has 3 rings (SSSR count). The third-order valence-corrected chi connectivity index (χ3v) is 10.5. The van der Waals surface area contributed by atoms with Gasteiger partial charge in [0.15, 0.2) is 11.6 Å². The summed E-state index contributed by atoms with van der Waals surface area (Å²) >= 11 is 0. The van der Waals surface area contributed by atoms with Crippen LogP contribution in [0.2, 0.25) is 0 Å². The van der Waals surface area contributed by atoms with Gasteiger partial charge in [-0.05, 0) is 71.4 Å². The van der Waals surface area contributed by atoms with E-state index in [0.717, 1.165) is 35.7 Å². The molecule has 2 amide bonds. The van der Waals surface area contributed by atoms with E-state index in [1.54, 1.807) is 0 Å². The van der Waals surface area contributed by atoms with Gasteiger partial charge in [-0.2, -0.15) is 13.2 Å². The largest absolute Gasteiger partial charge is 0.494 e. The average Bonchev–Trinajstić information content (AvgIpc) is 2.89. The van der Waals surface area contributed by atoms with Gasteiger partial charge in [-0.3, -0.25) is 19.1 Å². The van der Waals surface area contributed by atoms with Gasteiger partial charge in [0, 0.05) is 18.2 Å². The van der Waals surface area contributed by atoms with Crippen LogP contribution in [0, 0.1) is 5.82 Å². The van der Waals surface area contributed by atoms with E-state index in [1.165, 1.54) is 32.9 Å². The monoisotopic (exact) mass is 683 g/mol. The number of sulfonamides is 2. The molecule has 2 aromatic rings. The number of benzene rings is 2. The molecule has 2 aromatic carbocycles. The molecular formula is C27H33F4N3O9S2. The van der Waals surface area contributed by atoms with Crippen LogP contribution in [0.3, 0.4) is 0 Å². The topological polar surface area (TPSA) is 157 Å². The van der Waals surface area contributed by atoms with Crippen LogP contribution in [0.4, 0.5) is 33.7 Å². The number of ether oxygens (including phenoxy) is 3. The second-order valence-electron chi connectivity index (χ2n) is 11.5. The van der Waals surface area contributed by atoms with Gasteiger partial charge in [0.2, 0.25) is 21.5 Å². The van der Waals surface area contributed by atoms with Crippen molar-refractivity contribution < 1.29 is 58.2 Å². The summed E-state index contributed by atoms with van der Waals surface area (Å²) in [5, 5.41) is 2.13. The van der Waals surface area contributed by atoms with Crippen LogP contribution < -0.4 is 23.8 Å². The highest BCUT2D eigenvalue weighted by Gasteiger charge is 2.51. The summed E-state index contributed by atoms with van der Waals surface area (Å²) < 4.78 is 123. The number of amides is 2. The van der Waals surface area contributed by atoms with Crippen LogP contribution in [-0.4, -0.2) is 65.1 Å². The molecule has 0 aliphatic carbocycles. The number of fused-ring (bicyclic) bond motifs is 1. The number of carbonyl (C=O) groups excluding carboxylic acids is 2. The number of alkyl halides is 3. The Morgan fingerprint density at radius 1 is 1.02 bits per heavy atom. The minimum absolute atomic E-state index is 0.0545. The summed E-state index contributed by atoms with van der Waals surface area (Å²) in [5.74, 6) is -2.11. The number of nitrogens with zero attached hydrogens (tertiary/aromatic N) is 1. The Morgan fingerprint density at radius 2 is 1.67 bits per heavy atom. The van der Waals surface area contributed by atoms with Crippen LogP contribution in [0.15, 0.2) is 41.3 Å². The van der Waals surface area contributed by atoms with Crippen molar-refractivity contribution in [2.75, 3.05) is 23.3 Å². The van der Waals surface area contributed by atoms with Gasteiger partial charge in [0.05, 0.1) is 29.0 Å². The van der Waals surface area contributed by atoms with Crippen LogP contribution in [0.5, 0.6) is 11.5 Å². The van der Waals surface area contributed by atoms with Gasteiger partial charge < -0.3 is 14.2 Å². The summed E-state index contributed by atoms with van der Waals surface area (Å²) in [6, 6.07) is 6.38. The molecule has 0 saturated carbocycles. The number of rotatable bonds is 9. The summed E-state index contributed by atoms with van der Waals surface area (Å²) in [4.78, 5) is 24.3. The molecule has 0 spiro atoms. The van der Waals surface area contributed by atoms with E-state index in [2.05, 4.69) is 10.1 Å².